The maximum absolute atomic E-state index is 14.7. The molecule has 0 N–H and O–H groups in total. The molecule has 25 heavy (non-hydrogen) atoms. The van der Waals surface area contributed by atoms with Gasteiger partial charge in [0.2, 0.25) is 0 Å². The zero-order valence-corrected chi connectivity index (χ0v) is 16.2. The largest absolute Gasteiger partial charge is 0.369 e. The van der Waals surface area contributed by atoms with Crippen molar-refractivity contribution >= 4 is 29.2 Å². The van der Waals surface area contributed by atoms with Gasteiger partial charge in [0.15, 0.2) is 0 Å². The minimum Gasteiger partial charge on any atom is -0.369 e. The average molecular weight is 359 g/mol. The lowest BCUT2D eigenvalue weighted by Crippen LogP contribution is -2.45. The number of hydrogen-bond acceptors (Lipinski definition) is 2. The second kappa shape index (κ2) is 6.45. The monoisotopic (exact) mass is 358 g/mol. The van der Waals surface area contributed by atoms with Gasteiger partial charge in [-0.15, -0.1) is 0 Å². The molecule has 0 fully saturated rings. The quantitative estimate of drug-likeness (QED) is 0.578. The van der Waals surface area contributed by atoms with Crippen molar-refractivity contribution in [3.05, 3.63) is 57.9 Å². The molecule has 0 saturated carbocycles. The first-order chi connectivity index (χ1) is 11.7. The van der Waals surface area contributed by atoms with Crippen LogP contribution in [-0.4, -0.2) is 18.8 Å². The molecule has 2 nitrogen and oxygen atoms in total. The van der Waals surface area contributed by atoms with Gasteiger partial charge >= 0.3 is 0 Å². The Balaban J connectivity index is 2.01. The van der Waals surface area contributed by atoms with E-state index in [4.69, 9.17) is 11.6 Å². The van der Waals surface area contributed by atoms with E-state index >= 15 is 0 Å². The molecule has 132 valence electrons. The van der Waals surface area contributed by atoms with E-state index in [9.17, 15) is 4.39 Å². The third kappa shape index (κ3) is 3.43. The summed E-state index contributed by atoms with van der Waals surface area (Å²) in [4.78, 5) is 6.63. The Bertz CT molecular complexity index is 842. The maximum atomic E-state index is 14.7. The Morgan fingerprint density at radius 1 is 1.28 bits per heavy atom. The summed E-state index contributed by atoms with van der Waals surface area (Å²) in [6, 6.07) is 9.11. The second-order valence-electron chi connectivity index (χ2n) is 7.60. The number of benzene rings is 2. The van der Waals surface area contributed by atoms with Crippen molar-refractivity contribution in [2.45, 2.75) is 45.6 Å². The van der Waals surface area contributed by atoms with Crippen LogP contribution >= 0.6 is 11.6 Å². The molecule has 1 aliphatic heterocycles. The highest BCUT2D eigenvalue weighted by Crippen LogP contribution is 2.43. The van der Waals surface area contributed by atoms with Gasteiger partial charge in [0.05, 0.1) is 5.69 Å². The number of fused-ring (bicyclic) bond motifs is 1. The summed E-state index contributed by atoms with van der Waals surface area (Å²) >= 11 is 6.03. The van der Waals surface area contributed by atoms with Gasteiger partial charge < -0.3 is 4.90 Å². The summed E-state index contributed by atoms with van der Waals surface area (Å²) in [6.07, 6.45) is 2.63. The van der Waals surface area contributed by atoms with Gasteiger partial charge in [0.1, 0.15) is 5.82 Å². The van der Waals surface area contributed by atoms with E-state index in [1.165, 1.54) is 5.56 Å². The molecule has 0 bridgehead atoms. The van der Waals surface area contributed by atoms with Gasteiger partial charge in [-0.3, -0.25) is 4.99 Å². The van der Waals surface area contributed by atoms with E-state index in [0.717, 1.165) is 23.4 Å². The van der Waals surface area contributed by atoms with Gasteiger partial charge in [0, 0.05) is 35.1 Å². The molecule has 0 amide bonds. The van der Waals surface area contributed by atoms with Crippen molar-refractivity contribution in [1.82, 2.24) is 0 Å². The molecule has 4 heteroatoms. The second-order valence-corrected chi connectivity index (χ2v) is 8.03. The van der Waals surface area contributed by atoms with Crippen LogP contribution in [0.15, 0.2) is 35.3 Å². The summed E-state index contributed by atoms with van der Waals surface area (Å²) in [7, 11) is 2.03. The lowest BCUT2D eigenvalue weighted by molar-refractivity contribution is 0.394. The highest BCUT2D eigenvalue weighted by molar-refractivity contribution is 6.30. The molecule has 2 aromatic rings. The normalized spacial score (nSPS) is 19.3. The minimum absolute atomic E-state index is 0.0202. The van der Waals surface area contributed by atoms with Crippen LogP contribution in [0.25, 0.3) is 0 Å². The fraction of sp³-hybridized carbons (Fsp3) is 0.381. The predicted octanol–water partition coefficient (Wildman–Crippen LogP) is 6.26. The minimum atomic E-state index is -0.251. The molecule has 1 atom stereocenters. The number of nitrogens with zero attached hydrogens (tertiary/aromatic N) is 2. The van der Waals surface area contributed by atoms with Crippen LogP contribution in [0.2, 0.25) is 5.02 Å². The molecular weight excluding hydrogens is 335 g/mol. The zero-order chi connectivity index (χ0) is 18.4. The van der Waals surface area contributed by atoms with Crippen molar-refractivity contribution in [2.75, 3.05) is 11.9 Å². The predicted molar refractivity (Wildman–Crippen MR) is 105 cm³/mol. The van der Waals surface area contributed by atoms with Crippen molar-refractivity contribution in [2.24, 2.45) is 4.99 Å². The standard InChI is InChI=1S/C21H24ClFN2/c1-13-6-7-16(22)9-19(13)24-12-15-8-17-14(2)11-21(3,4)25(5)20(17)10-18(15)23/h6-10,12,14H,11H2,1-5H3. The van der Waals surface area contributed by atoms with Crippen molar-refractivity contribution in [3.63, 3.8) is 0 Å². The highest BCUT2D eigenvalue weighted by Gasteiger charge is 2.34. The Hall–Kier alpha value is -1.87. The Morgan fingerprint density at radius 3 is 2.72 bits per heavy atom. The molecule has 0 aromatic heterocycles. The van der Waals surface area contributed by atoms with E-state index in [-0.39, 0.29) is 11.4 Å². The lowest BCUT2D eigenvalue weighted by Gasteiger charge is -2.45. The molecular formula is C21H24ClFN2. The maximum Gasteiger partial charge on any atom is 0.134 e. The summed E-state index contributed by atoms with van der Waals surface area (Å²) in [5.74, 6) is 0.126. The molecule has 1 heterocycles. The third-order valence-electron chi connectivity index (χ3n) is 5.27. The van der Waals surface area contributed by atoms with E-state index in [1.54, 1.807) is 18.3 Å². The summed E-state index contributed by atoms with van der Waals surface area (Å²) in [5, 5.41) is 0.626. The van der Waals surface area contributed by atoms with Gasteiger partial charge in [-0.2, -0.15) is 0 Å². The smallest absolute Gasteiger partial charge is 0.134 e. The molecule has 0 spiro atoms. The highest BCUT2D eigenvalue weighted by atomic mass is 35.5. The van der Waals surface area contributed by atoms with Gasteiger partial charge in [-0.05, 0) is 68.5 Å². The number of anilines is 1. The van der Waals surface area contributed by atoms with Crippen LogP contribution in [0.5, 0.6) is 0 Å². The van der Waals surface area contributed by atoms with Crippen molar-refractivity contribution in [3.8, 4) is 0 Å². The Labute approximate surface area is 154 Å². The topological polar surface area (TPSA) is 15.6 Å². The molecule has 1 aliphatic rings. The molecule has 0 saturated heterocycles. The first-order valence-corrected chi connectivity index (χ1v) is 8.94. The first-order valence-electron chi connectivity index (χ1n) is 8.56. The molecule has 0 aliphatic carbocycles. The van der Waals surface area contributed by atoms with E-state index < -0.39 is 0 Å². The van der Waals surface area contributed by atoms with Crippen LogP contribution in [-0.2, 0) is 0 Å². The van der Waals surface area contributed by atoms with E-state index in [2.05, 4.69) is 30.7 Å². The zero-order valence-electron chi connectivity index (χ0n) is 15.4. The number of hydrogen-bond donors (Lipinski definition) is 0. The SMILES string of the molecule is Cc1ccc(Cl)cc1N=Cc1cc2c(cc1F)N(C)C(C)(C)CC2C. The summed E-state index contributed by atoms with van der Waals surface area (Å²) in [5.41, 5.74) is 4.44. The van der Waals surface area contributed by atoms with Crippen molar-refractivity contribution in [1.29, 1.82) is 0 Å². The van der Waals surface area contributed by atoms with Gasteiger partial charge in [-0.25, -0.2) is 4.39 Å². The lowest BCUT2D eigenvalue weighted by atomic mass is 9.80. The summed E-state index contributed by atoms with van der Waals surface area (Å²) < 4.78 is 14.7. The fourth-order valence-electron chi connectivity index (χ4n) is 3.56. The first kappa shape index (κ1) is 17.9. The third-order valence-corrected chi connectivity index (χ3v) is 5.50. The van der Waals surface area contributed by atoms with Crippen LogP contribution in [0.4, 0.5) is 15.8 Å². The van der Waals surface area contributed by atoms with E-state index in [1.807, 2.05) is 32.2 Å². The average Bonchev–Trinajstić information content (AvgIpc) is 2.54. The van der Waals surface area contributed by atoms with Crippen molar-refractivity contribution < 1.29 is 4.39 Å². The van der Waals surface area contributed by atoms with Crippen LogP contribution < -0.4 is 4.90 Å². The van der Waals surface area contributed by atoms with Crippen LogP contribution in [0.1, 0.15) is 49.8 Å². The van der Waals surface area contributed by atoms with Gasteiger partial charge in [0.25, 0.3) is 0 Å². The number of aliphatic imine (C=N–C) groups is 1. The number of halogens is 2. The summed E-state index contributed by atoms with van der Waals surface area (Å²) in [6.45, 7) is 8.56. The molecule has 3 rings (SSSR count). The Morgan fingerprint density at radius 2 is 2.00 bits per heavy atom. The van der Waals surface area contributed by atoms with Crippen LogP contribution in [0, 0.1) is 12.7 Å². The number of rotatable bonds is 2. The van der Waals surface area contributed by atoms with E-state index in [0.29, 0.717) is 16.5 Å². The molecule has 2 aromatic carbocycles. The molecule has 0 radical (unpaired) electrons. The number of aryl methyl sites for hydroxylation is 1. The van der Waals surface area contributed by atoms with Crippen LogP contribution in [0.3, 0.4) is 0 Å². The Kier molecular flexibility index (Phi) is 4.63. The molecule has 1 unspecified atom stereocenters. The fourth-order valence-corrected chi connectivity index (χ4v) is 3.73. The van der Waals surface area contributed by atoms with Gasteiger partial charge in [-0.1, -0.05) is 24.6 Å².